The van der Waals surface area contributed by atoms with Gasteiger partial charge in [0.2, 0.25) is 5.78 Å². The van der Waals surface area contributed by atoms with Gasteiger partial charge in [0.25, 0.3) is 0 Å². The second-order valence-corrected chi connectivity index (χ2v) is 11.5. The zero-order chi connectivity index (χ0) is 21.6. The highest BCUT2D eigenvalue weighted by Gasteiger charge is 2.76. The second kappa shape index (κ2) is 6.33. The number of carbonyl (C=O) groups is 3. The average Bonchev–Trinajstić information content (AvgIpc) is 2.85. The number of allylic oxidation sites excluding steroid dienone is 4. The molecule has 0 aromatic heterocycles. The predicted molar refractivity (Wildman–Crippen MR) is 111 cm³/mol. The van der Waals surface area contributed by atoms with E-state index < -0.39 is 39.2 Å². The summed E-state index contributed by atoms with van der Waals surface area (Å²) in [4.78, 5) is 34.1. The lowest BCUT2D eigenvalue weighted by Gasteiger charge is -2.63. The molecule has 0 aromatic carbocycles. The molecular weight excluding hydrogens is 463 g/mol. The summed E-state index contributed by atoms with van der Waals surface area (Å²) in [6, 6.07) is 0. The summed E-state index contributed by atoms with van der Waals surface area (Å²) in [5, 5.41) is 11.2. The highest BCUT2D eigenvalue weighted by atomic mass is 79.9. The number of fused-ring (bicyclic) bond motifs is 5. The first-order chi connectivity index (χ1) is 13.4. The number of hydrogen-bond donors (Lipinski definition) is 1. The molecule has 1 N–H and O–H groups in total. The number of carbonyl (C=O) groups excluding carboxylic acids is 3. The Hall–Kier alpha value is -0.850. The molecule has 4 nitrogen and oxygen atoms in total. The zero-order valence-electron chi connectivity index (χ0n) is 16.6. The molecule has 0 bridgehead atoms. The molecule has 0 aromatic rings. The third-order valence-corrected chi connectivity index (χ3v) is 10.5. The Kier molecular flexibility index (Phi) is 4.67. The van der Waals surface area contributed by atoms with Crippen LogP contribution in [0.3, 0.4) is 0 Å². The third kappa shape index (κ3) is 2.31. The summed E-state index contributed by atoms with van der Waals surface area (Å²) in [6.07, 6.45) is 4.22. The summed E-state index contributed by atoms with van der Waals surface area (Å²) in [5.41, 5.74) is -3.41. The van der Waals surface area contributed by atoms with Gasteiger partial charge in [0.15, 0.2) is 17.7 Å². The van der Waals surface area contributed by atoms with E-state index in [9.17, 15) is 19.5 Å². The number of ketones is 2. The highest BCUT2D eigenvalue weighted by molar-refractivity contribution is 9.09. The highest BCUT2D eigenvalue weighted by Crippen LogP contribution is 2.72. The van der Waals surface area contributed by atoms with Crippen LogP contribution in [0.15, 0.2) is 23.8 Å². The van der Waals surface area contributed by atoms with Crippen molar-refractivity contribution in [1.29, 1.82) is 0 Å². The fourth-order valence-corrected chi connectivity index (χ4v) is 8.52. The summed E-state index contributed by atoms with van der Waals surface area (Å²) in [5.74, 6) is -2.15. The number of hydrogen-bond acceptors (Lipinski definition) is 4. The van der Waals surface area contributed by atoms with E-state index in [2.05, 4.69) is 15.9 Å². The van der Waals surface area contributed by atoms with Gasteiger partial charge in [-0.2, -0.15) is 0 Å². The second-order valence-electron chi connectivity index (χ2n) is 9.70. The Balaban J connectivity index is 1.89. The lowest BCUT2D eigenvalue weighted by atomic mass is 9.45. The monoisotopic (exact) mass is 486 g/mol. The fraction of sp³-hybridized carbons (Fsp3) is 0.682. The molecule has 0 heterocycles. The normalized spacial score (nSPS) is 53.6. The first kappa shape index (κ1) is 21.4. The van der Waals surface area contributed by atoms with Crippen LogP contribution in [0.1, 0.15) is 40.0 Å². The molecule has 4 aliphatic carbocycles. The van der Waals surface area contributed by atoms with E-state index in [-0.39, 0.29) is 35.2 Å². The third-order valence-electron chi connectivity index (χ3n) is 8.59. The number of aldehydes is 1. The van der Waals surface area contributed by atoms with Crippen LogP contribution in [-0.4, -0.2) is 44.4 Å². The molecule has 3 unspecified atom stereocenters. The summed E-state index contributed by atoms with van der Waals surface area (Å²) in [7, 11) is 0. The van der Waals surface area contributed by atoms with Gasteiger partial charge in [-0.15, -0.1) is 11.6 Å². The number of halogens is 3. The number of aliphatic hydroxyl groups is 1. The van der Waals surface area contributed by atoms with E-state index in [0.29, 0.717) is 18.4 Å². The minimum absolute atomic E-state index is 0.0253. The maximum absolute atomic E-state index is 17.1. The van der Waals surface area contributed by atoms with Crippen molar-refractivity contribution in [3.8, 4) is 0 Å². The largest absolute Gasteiger partial charge is 0.390 e. The molecule has 3 fully saturated rings. The predicted octanol–water partition coefficient (Wildman–Crippen LogP) is 3.72. The smallest absolute Gasteiger partial charge is 0.216 e. The van der Waals surface area contributed by atoms with Crippen molar-refractivity contribution in [2.75, 3.05) is 0 Å². The standard InChI is InChI=1S/C22H25BrClFO4/c1-11-6-14-18-15(23)8-12-7-13(27)4-5-19(12,2)22(18,25)16(28)9-20(14,3)21(11,24)17(29)10-26/h4-5,7,10-11,14-16,18,28H,6,8-9H2,1-3H3/t11?,14-,15?,16?,18+,19-,20-,21-,22+/m0/s1. The van der Waals surface area contributed by atoms with Gasteiger partial charge in [-0.3, -0.25) is 14.4 Å². The van der Waals surface area contributed by atoms with Gasteiger partial charge in [0.05, 0.1) is 6.10 Å². The van der Waals surface area contributed by atoms with Crippen molar-refractivity contribution in [1.82, 2.24) is 0 Å². The van der Waals surface area contributed by atoms with E-state index in [1.807, 2.05) is 13.8 Å². The summed E-state index contributed by atoms with van der Waals surface area (Å²) >= 11 is 10.5. The Morgan fingerprint density at radius 3 is 2.69 bits per heavy atom. The maximum atomic E-state index is 17.1. The van der Waals surface area contributed by atoms with Crippen molar-refractivity contribution in [3.05, 3.63) is 23.8 Å². The molecule has 0 aliphatic heterocycles. The van der Waals surface area contributed by atoms with E-state index in [0.717, 1.165) is 0 Å². The molecule has 9 atom stereocenters. The SMILES string of the molecule is CC1C[C@H]2[C@@H]3C(Br)CC4=CC(=O)C=C[C@]4(C)[C@@]3(F)C(O)C[C@]2(C)[C@@]1(Cl)C(=O)C=O. The van der Waals surface area contributed by atoms with E-state index >= 15 is 4.39 Å². The van der Waals surface area contributed by atoms with Crippen LogP contribution >= 0.6 is 27.5 Å². The van der Waals surface area contributed by atoms with E-state index in [4.69, 9.17) is 11.6 Å². The van der Waals surface area contributed by atoms with E-state index in [1.54, 1.807) is 13.0 Å². The van der Waals surface area contributed by atoms with Crippen LogP contribution in [0.2, 0.25) is 0 Å². The minimum Gasteiger partial charge on any atom is -0.390 e. The first-order valence-corrected chi connectivity index (χ1v) is 11.3. The summed E-state index contributed by atoms with van der Waals surface area (Å²) in [6.45, 7) is 5.37. The van der Waals surface area contributed by atoms with Crippen molar-refractivity contribution in [2.24, 2.45) is 28.6 Å². The molecule has 7 heteroatoms. The molecule has 158 valence electrons. The Morgan fingerprint density at radius 1 is 1.41 bits per heavy atom. The topological polar surface area (TPSA) is 71.4 Å². The molecular formula is C22H25BrClFO4. The van der Waals surface area contributed by atoms with Crippen LogP contribution in [0.4, 0.5) is 4.39 Å². The molecule has 3 saturated carbocycles. The molecule has 4 rings (SSSR count). The lowest BCUT2D eigenvalue weighted by Crippen LogP contribution is -2.70. The van der Waals surface area contributed by atoms with Crippen LogP contribution in [-0.2, 0) is 14.4 Å². The van der Waals surface area contributed by atoms with Gasteiger partial charge in [0.1, 0.15) is 4.87 Å². The molecule has 0 saturated heterocycles. The van der Waals surface area contributed by atoms with Crippen molar-refractivity contribution in [2.45, 2.75) is 61.5 Å². The van der Waals surface area contributed by atoms with Gasteiger partial charge >= 0.3 is 0 Å². The molecule has 0 spiro atoms. The van der Waals surface area contributed by atoms with Crippen molar-refractivity contribution in [3.63, 3.8) is 0 Å². The quantitative estimate of drug-likeness (QED) is 0.366. The Labute approximate surface area is 183 Å². The van der Waals surface area contributed by atoms with Crippen molar-refractivity contribution < 1.29 is 23.9 Å². The summed E-state index contributed by atoms with van der Waals surface area (Å²) < 4.78 is 17.1. The van der Waals surface area contributed by atoms with Crippen molar-refractivity contribution >= 4 is 45.4 Å². The number of alkyl halides is 3. The van der Waals surface area contributed by atoms with Gasteiger partial charge in [-0.25, -0.2) is 4.39 Å². The minimum atomic E-state index is -2.03. The fourth-order valence-electron chi connectivity index (χ4n) is 7.07. The van der Waals surface area contributed by atoms with Crippen LogP contribution < -0.4 is 0 Å². The molecule has 29 heavy (non-hydrogen) atoms. The molecule has 0 radical (unpaired) electrons. The average molecular weight is 488 g/mol. The first-order valence-electron chi connectivity index (χ1n) is 10.0. The van der Waals surface area contributed by atoms with Gasteiger partial charge in [-0.05, 0) is 50.2 Å². The van der Waals surface area contributed by atoms with Crippen LogP contribution in [0.25, 0.3) is 0 Å². The van der Waals surface area contributed by atoms with Gasteiger partial charge < -0.3 is 5.11 Å². The van der Waals surface area contributed by atoms with Crippen LogP contribution in [0, 0.1) is 28.6 Å². The Morgan fingerprint density at radius 2 is 2.07 bits per heavy atom. The lowest BCUT2D eigenvalue weighted by molar-refractivity contribution is -0.190. The van der Waals surface area contributed by atoms with Gasteiger partial charge in [0, 0.05) is 21.6 Å². The Bertz CT molecular complexity index is 873. The number of Topliss-reactive ketones (excluding diaryl/α,β-unsaturated/α-hetero) is 1. The van der Waals surface area contributed by atoms with Crippen LogP contribution in [0.5, 0.6) is 0 Å². The zero-order valence-corrected chi connectivity index (χ0v) is 19.0. The number of rotatable bonds is 2. The molecule has 4 aliphatic rings. The number of aliphatic hydroxyl groups excluding tert-OH is 1. The molecule has 0 amide bonds. The van der Waals surface area contributed by atoms with E-state index in [1.165, 1.54) is 12.2 Å². The van der Waals surface area contributed by atoms with Gasteiger partial charge in [-0.1, -0.05) is 41.4 Å². The maximum Gasteiger partial charge on any atom is 0.216 e.